The first-order chi connectivity index (χ1) is 12.8. The molecular weight excluding hydrogens is 350 g/mol. The molecule has 1 N–H and O–H groups in total. The van der Waals surface area contributed by atoms with Gasteiger partial charge in [0, 0.05) is 45.2 Å². The largest absolute Gasteiger partial charge is 0.375 e. The van der Waals surface area contributed by atoms with Gasteiger partial charge >= 0.3 is 6.03 Å². The number of urea groups is 1. The van der Waals surface area contributed by atoms with Crippen molar-refractivity contribution < 1.29 is 18.8 Å². The molecule has 2 aliphatic heterocycles. The molecule has 2 aliphatic rings. The summed E-state index contributed by atoms with van der Waals surface area (Å²) in [6.45, 7) is 8.97. The van der Waals surface area contributed by atoms with Crippen molar-refractivity contribution in [1.82, 2.24) is 25.3 Å². The zero-order valence-electron chi connectivity index (χ0n) is 16.5. The van der Waals surface area contributed by atoms with Gasteiger partial charge in [0.05, 0.1) is 5.92 Å². The SMILES string of the molecule is COCC(=O)N1CC(c2nc(C)no2)C2(C1)CN(C(=O)NCCC(C)C)C2. The molecule has 3 amide bonds. The summed E-state index contributed by atoms with van der Waals surface area (Å²) in [5.74, 6) is 1.53. The second-order valence-corrected chi connectivity index (χ2v) is 8.07. The van der Waals surface area contributed by atoms with Crippen molar-refractivity contribution in [2.24, 2.45) is 11.3 Å². The van der Waals surface area contributed by atoms with Gasteiger partial charge in [-0.05, 0) is 19.3 Å². The molecule has 2 saturated heterocycles. The van der Waals surface area contributed by atoms with Crippen LogP contribution in [0.2, 0.25) is 0 Å². The van der Waals surface area contributed by atoms with Gasteiger partial charge in [0.2, 0.25) is 11.8 Å². The van der Waals surface area contributed by atoms with Gasteiger partial charge in [0.1, 0.15) is 6.61 Å². The molecule has 150 valence electrons. The van der Waals surface area contributed by atoms with Gasteiger partial charge in [0.15, 0.2) is 5.82 Å². The van der Waals surface area contributed by atoms with Crippen molar-refractivity contribution in [1.29, 1.82) is 0 Å². The summed E-state index contributed by atoms with van der Waals surface area (Å²) in [6.07, 6.45) is 0.952. The number of hydrogen-bond donors (Lipinski definition) is 1. The summed E-state index contributed by atoms with van der Waals surface area (Å²) in [4.78, 5) is 32.6. The topological polar surface area (TPSA) is 101 Å². The molecule has 0 saturated carbocycles. The minimum atomic E-state index is -0.238. The normalized spacial score (nSPS) is 21.0. The Kier molecular flexibility index (Phi) is 5.69. The Balaban J connectivity index is 1.66. The number of methoxy groups -OCH3 is 1. The Morgan fingerprint density at radius 1 is 1.33 bits per heavy atom. The fourth-order valence-corrected chi connectivity index (χ4v) is 3.93. The van der Waals surface area contributed by atoms with Crippen molar-refractivity contribution >= 4 is 11.9 Å². The minimum Gasteiger partial charge on any atom is -0.375 e. The monoisotopic (exact) mass is 379 g/mol. The van der Waals surface area contributed by atoms with E-state index in [1.165, 1.54) is 7.11 Å². The lowest BCUT2D eigenvalue weighted by molar-refractivity contribution is -0.134. The quantitative estimate of drug-likeness (QED) is 0.792. The highest BCUT2D eigenvalue weighted by Gasteiger charge is 2.58. The molecule has 9 nitrogen and oxygen atoms in total. The third kappa shape index (κ3) is 4.07. The standard InChI is InChI=1S/C18H29N5O4/c1-12(2)5-6-19-17(25)23-10-18(11-23)9-22(15(24)8-26-4)7-14(18)16-20-13(3)21-27-16/h12,14H,5-11H2,1-4H3,(H,19,25). The number of aryl methyl sites for hydroxylation is 1. The van der Waals surface area contributed by atoms with Crippen LogP contribution in [-0.2, 0) is 9.53 Å². The van der Waals surface area contributed by atoms with E-state index in [-0.39, 0.29) is 29.9 Å². The molecule has 3 rings (SSSR count). The van der Waals surface area contributed by atoms with Crippen LogP contribution in [0, 0.1) is 18.3 Å². The van der Waals surface area contributed by atoms with Gasteiger partial charge in [-0.25, -0.2) is 4.79 Å². The van der Waals surface area contributed by atoms with Crippen LogP contribution in [0.4, 0.5) is 4.79 Å². The van der Waals surface area contributed by atoms with Crippen LogP contribution in [0.3, 0.4) is 0 Å². The van der Waals surface area contributed by atoms with E-state index in [1.807, 2.05) is 0 Å². The maximum Gasteiger partial charge on any atom is 0.317 e. The number of amides is 3. The number of rotatable bonds is 6. The van der Waals surface area contributed by atoms with Crippen molar-refractivity contribution in [2.45, 2.75) is 33.1 Å². The smallest absolute Gasteiger partial charge is 0.317 e. The Morgan fingerprint density at radius 2 is 2.04 bits per heavy atom. The fraction of sp³-hybridized carbons (Fsp3) is 0.778. The predicted molar refractivity (Wildman–Crippen MR) is 97.1 cm³/mol. The van der Waals surface area contributed by atoms with Crippen LogP contribution < -0.4 is 5.32 Å². The first-order valence-electron chi connectivity index (χ1n) is 9.44. The molecule has 9 heteroatoms. The summed E-state index contributed by atoms with van der Waals surface area (Å²) in [6, 6.07) is -0.0524. The molecule has 0 aromatic carbocycles. The molecule has 1 spiro atoms. The number of ether oxygens (including phenoxy) is 1. The molecule has 27 heavy (non-hydrogen) atoms. The van der Waals surface area contributed by atoms with E-state index in [0.717, 1.165) is 6.42 Å². The van der Waals surface area contributed by atoms with E-state index in [4.69, 9.17) is 9.26 Å². The first-order valence-corrected chi connectivity index (χ1v) is 9.44. The van der Waals surface area contributed by atoms with Gasteiger partial charge in [-0.2, -0.15) is 4.98 Å². The summed E-state index contributed by atoms with van der Waals surface area (Å²) in [7, 11) is 1.51. The fourth-order valence-electron chi connectivity index (χ4n) is 3.93. The zero-order chi connectivity index (χ0) is 19.6. The Morgan fingerprint density at radius 3 is 2.63 bits per heavy atom. The van der Waals surface area contributed by atoms with E-state index in [9.17, 15) is 9.59 Å². The number of carbonyl (C=O) groups is 2. The highest BCUT2D eigenvalue weighted by Crippen LogP contribution is 2.48. The number of likely N-dealkylation sites (tertiary alicyclic amines) is 2. The minimum absolute atomic E-state index is 0.0467. The van der Waals surface area contributed by atoms with Gasteiger partial charge in [0.25, 0.3) is 0 Å². The molecule has 1 aromatic rings. The highest BCUT2D eigenvalue weighted by atomic mass is 16.5. The summed E-state index contributed by atoms with van der Waals surface area (Å²) < 4.78 is 10.4. The second-order valence-electron chi connectivity index (χ2n) is 8.07. The average Bonchev–Trinajstić information content (AvgIpc) is 3.16. The Labute approximate surface area is 159 Å². The molecule has 1 unspecified atom stereocenters. The van der Waals surface area contributed by atoms with Crippen molar-refractivity contribution in [3.8, 4) is 0 Å². The van der Waals surface area contributed by atoms with Gasteiger partial charge < -0.3 is 24.4 Å². The van der Waals surface area contributed by atoms with E-state index < -0.39 is 0 Å². The molecule has 2 fully saturated rings. The lowest BCUT2D eigenvalue weighted by Gasteiger charge is -2.49. The first kappa shape index (κ1) is 19.6. The van der Waals surface area contributed by atoms with Gasteiger partial charge in [-0.3, -0.25) is 4.79 Å². The molecular formula is C18H29N5O4. The number of carbonyl (C=O) groups excluding carboxylic acids is 2. The van der Waals surface area contributed by atoms with Crippen LogP contribution in [0.5, 0.6) is 0 Å². The van der Waals surface area contributed by atoms with Crippen LogP contribution in [0.1, 0.15) is 37.9 Å². The second kappa shape index (κ2) is 7.84. The molecule has 0 aliphatic carbocycles. The van der Waals surface area contributed by atoms with E-state index >= 15 is 0 Å². The molecule has 0 radical (unpaired) electrons. The maximum absolute atomic E-state index is 12.4. The Hall–Kier alpha value is -2.16. The van der Waals surface area contributed by atoms with Crippen molar-refractivity contribution in [3.63, 3.8) is 0 Å². The van der Waals surface area contributed by atoms with Crippen LogP contribution >= 0.6 is 0 Å². The molecule has 3 heterocycles. The number of nitrogens with zero attached hydrogens (tertiary/aromatic N) is 4. The van der Waals surface area contributed by atoms with Crippen molar-refractivity contribution in [3.05, 3.63) is 11.7 Å². The summed E-state index contributed by atoms with van der Waals surface area (Å²) >= 11 is 0. The van der Waals surface area contributed by atoms with Crippen molar-refractivity contribution in [2.75, 3.05) is 46.4 Å². The molecule has 1 aromatic heterocycles. The van der Waals surface area contributed by atoms with Crippen LogP contribution in [0.15, 0.2) is 4.52 Å². The molecule has 0 bridgehead atoms. The number of aromatic nitrogens is 2. The summed E-state index contributed by atoms with van der Waals surface area (Å²) in [5, 5.41) is 6.87. The van der Waals surface area contributed by atoms with E-state index in [0.29, 0.717) is 50.4 Å². The van der Waals surface area contributed by atoms with E-state index in [1.54, 1.807) is 16.7 Å². The van der Waals surface area contributed by atoms with Crippen LogP contribution in [0.25, 0.3) is 0 Å². The average molecular weight is 379 g/mol. The molecule has 1 atom stereocenters. The number of nitrogens with one attached hydrogen (secondary N) is 1. The lowest BCUT2D eigenvalue weighted by Crippen LogP contribution is -2.63. The maximum atomic E-state index is 12.4. The summed E-state index contributed by atoms with van der Waals surface area (Å²) in [5.41, 5.74) is -0.238. The highest BCUT2D eigenvalue weighted by molar-refractivity contribution is 5.79. The number of hydrogen-bond acceptors (Lipinski definition) is 6. The van der Waals surface area contributed by atoms with Crippen LogP contribution in [-0.4, -0.2) is 78.3 Å². The third-order valence-electron chi connectivity index (χ3n) is 5.41. The predicted octanol–water partition coefficient (Wildman–Crippen LogP) is 1.01. The van der Waals surface area contributed by atoms with Gasteiger partial charge in [-0.1, -0.05) is 19.0 Å². The lowest BCUT2D eigenvalue weighted by atomic mass is 9.71. The third-order valence-corrected chi connectivity index (χ3v) is 5.41. The van der Waals surface area contributed by atoms with E-state index in [2.05, 4.69) is 29.3 Å². The van der Waals surface area contributed by atoms with Gasteiger partial charge in [-0.15, -0.1) is 0 Å². The Bertz CT molecular complexity index is 683. The zero-order valence-corrected chi connectivity index (χ0v) is 16.5.